The number of anilines is 1. The van der Waals surface area contributed by atoms with Gasteiger partial charge < -0.3 is 10.3 Å². The zero-order chi connectivity index (χ0) is 15.2. The second kappa shape index (κ2) is 6.92. The summed E-state index contributed by atoms with van der Waals surface area (Å²) in [6.45, 7) is 3.06. The molecule has 0 aliphatic heterocycles. The van der Waals surface area contributed by atoms with Crippen molar-refractivity contribution >= 4 is 5.69 Å². The zero-order valence-electron chi connectivity index (χ0n) is 12.3. The highest BCUT2D eigenvalue weighted by Gasteiger charge is 2.04. The molecule has 0 radical (unpaired) electrons. The van der Waals surface area contributed by atoms with Crippen LogP contribution in [0.1, 0.15) is 25.3 Å². The maximum absolute atomic E-state index is 12.2. The Morgan fingerprint density at radius 3 is 2.67 bits per heavy atom. The second-order valence-corrected chi connectivity index (χ2v) is 5.13. The number of rotatable bonds is 6. The molecule has 0 saturated heterocycles. The zero-order valence-corrected chi connectivity index (χ0v) is 12.3. The maximum atomic E-state index is 12.2. The van der Waals surface area contributed by atoms with Gasteiger partial charge in [-0.2, -0.15) is 0 Å². The van der Waals surface area contributed by atoms with E-state index in [0.717, 1.165) is 30.5 Å². The summed E-state index contributed by atoms with van der Waals surface area (Å²) in [4.78, 5) is 24.0. The van der Waals surface area contributed by atoms with Crippen LogP contribution in [-0.2, 0) is 19.5 Å². The number of nitrogens with zero attached hydrogens (tertiary/aromatic N) is 2. The van der Waals surface area contributed by atoms with Crippen LogP contribution in [0.3, 0.4) is 0 Å². The highest BCUT2D eigenvalue weighted by molar-refractivity contribution is 5.40. The SMILES string of the molecule is CCCn1ccc(=O)n(CCCc2cccc(N)c2)c1=O. The molecule has 0 fully saturated rings. The van der Waals surface area contributed by atoms with Crippen molar-refractivity contribution in [3.63, 3.8) is 0 Å². The number of aromatic nitrogens is 2. The quantitative estimate of drug-likeness (QED) is 0.821. The van der Waals surface area contributed by atoms with E-state index in [4.69, 9.17) is 5.73 Å². The van der Waals surface area contributed by atoms with Crippen LogP contribution in [0.25, 0.3) is 0 Å². The molecule has 0 bridgehead atoms. The predicted octanol–water partition coefficient (Wildman–Crippen LogP) is 1.63. The molecule has 0 unspecified atom stereocenters. The summed E-state index contributed by atoms with van der Waals surface area (Å²) in [6.07, 6.45) is 3.96. The van der Waals surface area contributed by atoms with E-state index >= 15 is 0 Å². The topological polar surface area (TPSA) is 70.0 Å². The molecule has 2 aromatic rings. The van der Waals surface area contributed by atoms with Crippen LogP contribution in [0, 0.1) is 0 Å². The van der Waals surface area contributed by atoms with Crippen LogP contribution < -0.4 is 17.0 Å². The Labute approximate surface area is 123 Å². The Balaban J connectivity index is 2.08. The largest absolute Gasteiger partial charge is 0.399 e. The molecule has 2 rings (SSSR count). The lowest BCUT2D eigenvalue weighted by molar-refractivity contribution is 0.529. The van der Waals surface area contributed by atoms with E-state index in [0.29, 0.717) is 13.1 Å². The van der Waals surface area contributed by atoms with Crippen molar-refractivity contribution < 1.29 is 0 Å². The Bertz CT molecular complexity index is 716. The summed E-state index contributed by atoms with van der Waals surface area (Å²) in [5, 5.41) is 0. The Kier molecular flexibility index (Phi) is 4.98. The van der Waals surface area contributed by atoms with Gasteiger partial charge >= 0.3 is 5.69 Å². The first-order valence-electron chi connectivity index (χ1n) is 7.26. The van der Waals surface area contributed by atoms with Gasteiger partial charge in [-0.05, 0) is 37.0 Å². The van der Waals surface area contributed by atoms with Crippen LogP contribution in [0.15, 0.2) is 46.1 Å². The molecule has 0 aliphatic carbocycles. The van der Waals surface area contributed by atoms with Crippen molar-refractivity contribution in [3.8, 4) is 0 Å². The van der Waals surface area contributed by atoms with E-state index in [2.05, 4.69) is 0 Å². The third-order valence-corrected chi connectivity index (χ3v) is 3.40. The lowest BCUT2D eigenvalue weighted by Crippen LogP contribution is -2.39. The third-order valence-electron chi connectivity index (χ3n) is 3.40. The summed E-state index contributed by atoms with van der Waals surface area (Å²) in [6, 6.07) is 9.13. The number of nitrogens with two attached hydrogens (primary N) is 1. The van der Waals surface area contributed by atoms with E-state index < -0.39 is 0 Å². The fourth-order valence-corrected chi connectivity index (χ4v) is 2.36. The molecule has 2 N–H and O–H groups in total. The van der Waals surface area contributed by atoms with Crippen LogP contribution in [0.2, 0.25) is 0 Å². The molecule has 1 aromatic carbocycles. The van der Waals surface area contributed by atoms with Gasteiger partial charge in [0.1, 0.15) is 0 Å². The first kappa shape index (κ1) is 15.1. The molecule has 112 valence electrons. The Morgan fingerprint density at radius 1 is 1.14 bits per heavy atom. The van der Waals surface area contributed by atoms with Crippen molar-refractivity contribution in [3.05, 3.63) is 62.9 Å². The van der Waals surface area contributed by atoms with Crippen LogP contribution in [0.5, 0.6) is 0 Å². The summed E-state index contributed by atoms with van der Waals surface area (Å²) < 4.78 is 2.89. The molecule has 5 heteroatoms. The van der Waals surface area contributed by atoms with Gasteiger partial charge in [0.05, 0.1) is 0 Å². The molecule has 0 aliphatic rings. The number of hydrogen-bond acceptors (Lipinski definition) is 3. The summed E-state index contributed by atoms with van der Waals surface area (Å²) in [7, 11) is 0. The minimum absolute atomic E-state index is 0.225. The maximum Gasteiger partial charge on any atom is 0.330 e. The monoisotopic (exact) mass is 287 g/mol. The Morgan fingerprint density at radius 2 is 1.95 bits per heavy atom. The molecule has 21 heavy (non-hydrogen) atoms. The lowest BCUT2D eigenvalue weighted by Gasteiger charge is -2.09. The fraction of sp³-hybridized carbons (Fsp3) is 0.375. The highest BCUT2D eigenvalue weighted by Crippen LogP contribution is 2.08. The first-order valence-corrected chi connectivity index (χ1v) is 7.26. The van der Waals surface area contributed by atoms with E-state index in [1.165, 1.54) is 10.6 Å². The molecule has 0 spiro atoms. The molecular formula is C16H21N3O2. The van der Waals surface area contributed by atoms with Gasteiger partial charge in [-0.1, -0.05) is 19.1 Å². The smallest absolute Gasteiger partial charge is 0.330 e. The van der Waals surface area contributed by atoms with Crippen molar-refractivity contribution in [2.24, 2.45) is 0 Å². The third kappa shape index (κ3) is 3.84. The number of aryl methyl sites for hydroxylation is 2. The van der Waals surface area contributed by atoms with Gasteiger partial charge in [0.15, 0.2) is 0 Å². The van der Waals surface area contributed by atoms with Crippen molar-refractivity contribution in [1.29, 1.82) is 0 Å². The van der Waals surface area contributed by atoms with E-state index in [9.17, 15) is 9.59 Å². The summed E-state index contributed by atoms with van der Waals surface area (Å²) >= 11 is 0. The van der Waals surface area contributed by atoms with E-state index in [-0.39, 0.29) is 11.2 Å². The van der Waals surface area contributed by atoms with Gasteiger partial charge in [0.25, 0.3) is 5.56 Å². The molecule has 0 amide bonds. The molecule has 0 atom stereocenters. The minimum atomic E-state index is -0.236. The molecule has 0 saturated carbocycles. The number of benzene rings is 1. The van der Waals surface area contributed by atoms with Crippen LogP contribution in [0.4, 0.5) is 5.69 Å². The number of nitrogen functional groups attached to an aromatic ring is 1. The molecular weight excluding hydrogens is 266 g/mol. The minimum Gasteiger partial charge on any atom is -0.399 e. The molecule has 1 heterocycles. The van der Waals surface area contributed by atoms with Gasteiger partial charge in [-0.15, -0.1) is 0 Å². The molecule has 1 aromatic heterocycles. The number of hydrogen-bond donors (Lipinski definition) is 1. The van der Waals surface area contributed by atoms with E-state index in [1.807, 2.05) is 31.2 Å². The fourth-order valence-electron chi connectivity index (χ4n) is 2.36. The predicted molar refractivity (Wildman–Crippen MR) is 84.4 cm³/mol. The lowest BCUT2D eigenvalue weighted by atomic mass is 10.1. The normalized spacial score (nSPS) is 10.7. The van der Waals surface area contributed by atoms with Gasteiger partial charge in [0.2, 0.25) is 0 Å². The molecule has 5 nitrogen and oxygen atoms in total. The van der Waals surface area contributed by atoms with Crippen molar-refractivity contribution in [1.82, 2.24) is 9.13 Å². The van der Waals surface area contributed by atoms with E-state index in [1.54, 1.807) is 10.8 Å². The second-order valence-electron chi connectivity index (χ2n) is 5.13. The van der Waals surface area contributed by atoms with Gasteiger partial charge in [0, 0.05) is 31.0 Å². The highest BCUT2D eigenvalue weighted by atomic mass is 16.2. The Hall–Kier alpha value is -2.30. The van der Waals surface area contributed by atoms with Crippen LogP contribution in [-0.4, -0.2) is 9.13 Å². The average Bonchev–Trinajstić information content (AvgIpc) is 2.46. The van der Waals surface area contributed by atoms with Crippen molar-refractivity contribution in [2.75, 3.05) is 5.73 Å². The van der Waals surface area contributed by atoms with Crippen LogP contribution >= 0.6 is 0 Å². The summed E-state index contributed by atoms with van der Waals surface area (Å²) in [5.41, 5.74) is 7.12. The van der Waals surface area contributed by atoms with Crippen molar-refractivity contribution in [2.45, 2.75) is 39.3 Å². The standard InChI is InChI=1S/C16H21N3O2/c1-2-9-18-11-8-15(20)19(16(18)21)10-4-6-13-5-3-7-14(17)12-13/h3,5,7-8,11-12H,2,4,6,9-10,17H2,1H3. The first-order chi connectivity index (χ1) is 10.1. The summed E-state index contributed by atoms with van der Waals surface area (Å²) in [5.74, 6) is 0. The van der Waals surface area contributed by atoms with Gasteiger partial charge in [-0.3, -0.25) is 9.36 Å². The average molecular weight is 287 g/mol. The van der Waals surface area contributed by atoms with Gasteiger partial charge in [-0.25, -0.2) is 4.79 Å².